The van der Waals surface area contributed by atoms with Crippen molar-refractivity contribution in [3.05, 3.63) is 0 Å². The van der Waals surface area contributed by atoms with Gasteiger partial charge in [0.15, 0.2) is 0 Å². The summed E-state index contributed by atoms with van der Waals surface area (Å²) in [6.45, 7) is 10.8. The molecule has 0 aromatic rings. The normalized spacial score (nSPS) is 18.3. The van der Waals surface area contributed by atoms with Crippen LogP contribution in [0.5, 0.6) is 0 Å². The molecule has 0 unspecified atom stereocenters. The second-order valence-corrected chi connectivity index (χ2v) is 5.41. The molecule has 1 aliphatic heterocycles. The molecule has 16 heavy (non-hydrogen) atoms. The summed E-state index contributed by atoms with van der Waals surface area (Å²) >= 11 is 0. The van der Waals surface area contributed by atoms with Gasteiger partial charge in [0.25, 0.3) is 0 Å². The minimum Gasteiger partial charge on any atom is -0.341 e. The van der Waals surface area contributed by atoms with Gasteiger partial charge in [0.05, 0.1) is 0 Å². The molecule has 0 aromatic heterocycles. The van der Waals surface area contributed by atoms with Crippen LogP contribution in [-0.2, 0) is 4.79 Å². The van der Waals surface area contributed by atoms with Crippen LogP contribution in [0.25, 0.3) is 0 Å². The standard InChI is InChI=1S/C12H25N3O/c1-12(2,3)14-7-5-11(16)15-9-4-6-13-8-10-15/h13-14H,4-10H2,1-3H3. The number of carbonyl (C=O) groups excluding carboxylic acids is 1. The Hall–Kier alpha value is -0.610. The van der Waals surface area contributed by atoms with E-state index >= 15 is 0 Å². The number of nitrogens with one attached hydrogen (secondary N) is 2. The maximum atomic E-state index is 11.9. The average molecular weight is 227 g/mol. The minimum absolute atomic E-state index is 0.0978. The third-order valence-electron chi connectivity index (χ3n) is 2.69. The van der Waals surface area contributed by atoms with E-state index in [1.54, 1.807) is 0 Å². The molecule has 0 aliphatic carbocycles. The molecule has 0 spiro atoms. The Bertz CT molecular complexity index is 215. The van der Waals surface area contributed by atoms with Gasteiger partial charge < -0.3 is 15.5 Å². The van der Waals surface area contributed by atoms with Crippen LogP contribution in [0.3, 0.4) is 0 Å². The van der Waals surface area contributed by atoms with E-state index in [1.807, 2.05) is 4.90 Å². The summed E-state index contributed by atoms with van der Waals surface area (Å²) < 4.78 is 0. The molecule has 0 aromatic carbocycles. The molecular formula is C12H25N3O. The van der Waals surface area contributed by atoms with Gasteiger partial charge in [-0.3, -0.25) is 4.79 Å². The zero-order valence-electron chi connectivity index (χ0n) is 10.8. The maximum Gasteiger partial charge on any atom is 0.223 e. The molecule has 1 amide bonds. The average Bonchev–Trinajstić information content (AvgIpc) is 2.43. The molecule has 4 heteroatoms. The van der Waals surface area contributed by atoms with Crippen molar-refractivity contribution in [1.82, 2.24) is 15.5 Å². The maximum absolute atomic E-state index is 11.9. The summed E-state index contributed by atoms with van der Waals surface area (Å²) in [5.41, 5.74) is 0.0978. The Kier molecular flexibility index (Phi) is 5.22. The number of carbonyl (C=O) groups is 1. The van der Waals surface area contributed by atoms with E-state index in [4.69, 9.17) is 0 Å². The zero-order valence-corrected chi connectivity index (χ0v) is 10.8. The van der Waals surface area contributed by atoms with Crippen LogP contribution in [0.4, 0.5) is 0 Å². The molecule has 2 N–H and O–H groups in total. The number of amides is 1. The first-order chi connectivity index (χ1) is 7.49. The molecule has 0 saturated carbocycles. The molecule has 1 rings (SSSR count). The summed E-state index contributed by atoms with van der Waals surface area (Å²) in [5, 5.41) is 6.65. The quantitative estimate of drug-likeness (QED) is 0.741. The van der Waals surface area contributed by atoms with Gasteiger partial charge >= 0.3 is 0 Å². The largest absolute Gasteiger partial charge is 0.341 e. The van der Waals surface area contributed by atoms with Crippen molar-refractivity contribution in [3.63, 3.8) is 0 Å². The van der Waals surface area contributed by atoms with E-state index in [0.717, 1.165) is 39.1 Å². The number of nitrogens with zero attached hydrogens (tertiary/aromatic N) is 1. The van der Waals surface area contributed by atoms with Gasteiger partial charge in [-0.1, -0.05) is 0 Å². The van der Waals surface area contributed by atoms with E-state index in [-0.39, 0.29) is 11.4 Å². The van der Waals surface area contributed by atoms with Crippen molar-refractivity contribution in [1.29, 1.82) is 0 Å². The third kappa shape index (κ3) is 5.47. The van der Waals surface area contributed by atoms with Crippen molar-refractivity contribution in [3.8, 4) is 0 Å². The molecule has 0 radical (unpaired) electrons. The van der Waals surface area contributed by atoms with Crippen LogP contribution in [-0.4, -0.2) is 49.1 Å². The fraction of sp³-hybridized carbons (Fsp3) is 0.917. The lowest BCUT2D eigenvalue weighted by molar-refractivity contribution is -0.130. The number of hydrogen-bond donors (Lipinski definition) is 2. The summed E-state index contributed by atoms with van der Waals surface area (Å²) in [4.78, 5) is 13.9. The predicted octanol–water partition coefficient (Wildman–Crippen LogP) is 0.587. The Balaban J connectivity index is 2.23. The molecule has 0 bridgehead atoms. The molecule has 1 aliphatic rings. The Morgan fingerprint density at radius 2 is 2.06 bits per heavy atom. The van der Waals surface area contributed by atoms with E-state index < -0.39 is 0 Å². The van der Waals surface area contributed by atoms with Gasteiger partial charge in [-0.25, -0.2) is 0 Å². The highest BCUT2D eigenvalue weighted by Gasteiger charge is 2.15. The lowest BCUT2D eigenvalue weighted by atomic mass is 10.1. The second kappa shape index (κ2) is 6.21. The highest BCUT2D eigenvalue weighted by molar-refractivity contribution is 5.76. The fourth-order valence-electron chi connectivity index (χ4n) is 1.80. The van der Waals surface area contributed by atoms with Gasteiger partial charge in [-0.15, -0.1) is 0 Å². The first-order valence-electron chi connectivity index (χ1n) is 6.22. The highest BCUT2D eigenvalue weighted by atomic mass is 16.2. The van der Waals surface area contributed by atoms with Crippen molar-refractivity contribution in [2.24, 2.45) is 0 Å². The zero-order chi connectivity index (χ0) is 12.0. The molecular weight excluding hydrogens is 202 g/mol. The summed E-state index contributed by atoms with van der Waals surface area (Å²) in [7, 11) is 0. The van der Waals surface area contributed by atoms with E-state index in [1.165, 1.54) is 0 Å². The molecule has 4 nitrogen and oxygen atoms in total. The smallest absolute Gasteiger partial charge is 0.223 e. The van der Waals surface area contributed by atoms with Crippen molar-refractivity contribution in [2.45, 2.75) is 39.2 Å². The molecule has 1 fully saturated rings. The summed E-state index contributed by atoms with van der Waals surface area (Å²) in [5.74, 6) is 0.278. The van der Waals surface area contributed by atoms with Crippen LogP contribution in [0.2, 0.25) is 0 Å². The van der Waals surface area contributed by atoms with Crippen molar-refractivity contribution >= 4 is 5.91 Å². The van der Waals surface area contributed by atoms with Crippen LogP contribution in [0, 0.1) is 0 Å². The molecule has 0 atom stereocenters. The van der Waals surface area contributed by atoms with Gasteiger partial charge in [-0.05, 0) is 33.7 Å². The van der Waals surface area contributed by atoms with Gasteiger partial charge in [0, 0.05) is 38.1 Å². The van der Waals surface area contributed by atoms with Crippen molar-refractivity contribution < 1.29 is 4.79 Å². The Morgan fingerprint density at radius 1 is 1.31 bits per heavy atom. The second-order valence-electron chi connectivity index (χ2n) is 5.41. The minimum atomic E-state index is 0.0978. The first-order valence-corrected chi connectivity index (χ1v) is 6.22. The fourth-order valence-corrected chi connectivity index (χ4v) is 1.80. The summed E-state index contributed by atoms with van der Waals surface area (Å²) in [6.07, 6.45) is 1.68. The van der Waals surface area contributed by atoms with Crippen molar-refractivity contribution in [2.75, 3.05) is 32.7 Å². The molecule has 94 valence electrons. The lowest BCUT2D eigenvalue weighted by Gasteiger charge is -2.23. The Morgan fingerprint density at radius 3 is 2.75 bits per heavy atom. The molecule has 1 heterocycles. The van der Waals surface area contributed by atoms with Crippen LogP contribution in [0.15, 0.2) is 0 Å². The van der Waals surface area contributed by atoms with E-state index in [2.05, 4.69) is 31.4 Å². The van der Waals surface area contributed by atoms with E-state index in [0.29, 0.717) is 6.42 Å². The monoisotopic (exact) mass is 227 g/mol. The molecule has 1 saturated heterocycles. The highest BCUT2D eigenvalue weighted by Crippen LogP contribution is 2.01. The van der Waals surface area contributed by atoms with Crippen LogP contribution in [0.1, 0.15) is 33.6 Å². The topological polar surface area (TPSA) is 44.4 Å². The van der Waals surface area contributed by atoms with Gasteiger partial charge in [0.1, 0.15) is 0 Å². The number of rotatable bonds is 3. The first kappa shape index (κ1) is 13.5. The SMILES string of the molecule is CC(C)(C)NCCC(=O)N1CCCNCC1. The van der Waals surface area contributed by atoms with Gasteiger partial charge in [-0.2, -0.15) is 0 Å². The Labute approximate surface area is 98.8 Å². The lowest BCUT2D eigenvalue weighted by Crippen LogP contribution is -2.40. The summed E-state index contributed by atoms with van der Waals surface area (Å²) in [6, 6.07) is 0. The van der Waals surface area contributed by atoms with Gasteiger partial charge in [0.2, 0.25) is 5.91 Å². The number of hydrogen-bond acceptors (Lipinski definition) is 3. The predicted molar refractivity (Wildman–Crippen MR) is 66.4 cm³/mol. The van der Waals surface area contributed by atoms with E-state index in [9.17, 15) is 4.79 Å². The van der Waals surface area contributed by atoms with Crippen LogP contribution < -0.4 is 10.6 Å². The third-order valence-corrected chi connectivity index (χ3v) is 2.69. The van der Waals surface area contributed by atoms with Crippen LogP contribution >= 0.6 is 0 Å².